The summed E-state index contributed by atoms with van der Waals surface area (Å²) in [6.07, 6.45) is 1.79. The SMILES string of the molecule is COC(=O)C1=C(C)N(c2cccc(OC)c2)C(=O)/C1=C\c1cc(C)n(-c2ccccc2C)c1C. The second kappa shape index (κ2) is 9.06. The predicted octanol–water partition coefficient (Wildman–Crippen LogP) is 5.29. The van der Waals surface area contributed by atoms with Gasteiger partial charge in [0.05, 0.1) is 31.1 Å². The number of hydrogen-bond donors (Lipinski definition) is 0. The molecule has 174 valence electrons. The Bertz CT molecular complexity index is 1360. The van der Waals surface area contributed by atoms with E-state index in [1.54, 1.807) is 26.2 Å². The van der Waals surface area contributed by atoms with Gasteiger partial charge in [0.1, 0.15) is 5.75 Å². The summed E-state index contributed by atoms with van der Waals surface area (Å²) < 4.78 is 12.5. The van der Waals surface area contributed by atoms with Gasteiger partial charge >= 0.3 is 5.97 Å². The van der Waals surface area contributed by atoms with Crippen molar-refractivity contribution in [3.8, 4) is 11.4 Å². The van der Waals surface area contributed by atoms with Crippen LogP contribution in [0.1, 0.15) is 29.4 Å². The minimum atomic E-state index is -0.546. The maximum absolute atomic E-state index is 13.6. The van der Waals surface area contributed by atoms with Crippen molar-refractivity contribution in [1.29, 1.82) is 0 Å². The van der Waals surface area contributed by atoms with Crippen molar-refractivity contribution >= 4 is 23.6 Å². The molecule has 4 rings (SSSR count). The molecule has 0 saturated heterocycles. The minimum Gasteiger partial charge on any atom is -0.497 e. The van der Waals surface area contributed by atoms with Gasteiger partial charge in [0, 0.05) is 28.8 Å². The van der Waals surface area contributed by atoms with Crippen LogP contribution in [-0.4, -0.2) is 30.7 Å². The van der Waals surface area contributed by atoms with E-state index >= 15 is 0 Å². The largest absolute Gasteiger partial charge is 0.497 e. The average Bonchev–Trinajstić information content (AvgIpc) is 3.25. The van der Waals surface area contributed by atoms with E-state index in [1.165, 1.54) is 12.0 Å². The number of benzene rings is 2. The summed E-state index contributed by atoms with van der Waals surface area (Å²) in [7, 11) is 2.89. The van der Waals surface area contributed by atoms with Crippen LogP contribution in [0.15, 0.2) is 71.4 Å². The molecule has 0 atom stereocenters. The third kappa shape index (κ3) is 3.81. The zero-order chi connectivity index (χ0) is 24.6. The highest BCUT2D eigenvalue weighted by Crippen LogP contribution is 2.37. The van der Waals surface area contributed by atoms with Crippen molar-refractivity contribution in [3.05, 3.63) is 94.0 Å². The molecule has 3 aromatic rings. The van der Waals surface area contributed by atoms with Crippen LogP contribution in [0.5, 0.6) is 5.75 Å². The first-order valence-corrected chi connectivity index (χ1v) is 11.0. The fourth-order valence-corrected chi connectivity index (χ4v) is 4.51. The highest BCUT2D eigenvalue weighted by Gasteiger charge is 2.38. The highest BCUT2D eigenvalue weighted by atomic mass is 16.5. The standard InChI is InChI=1S/C28H28N2O4/c1-17-10-7-8-13-25(17)29-18(2)14-21(19(29)3)15-24-26(28(32)34-6)20(4)30(27(24)31)22-11-9-12-23(16-22)33-5/h7-16H,1-6H3/b24-15-. The Balaban J connectivity index is 1.86. The van der Waals surface area contributed by atoms with Gasteiger partial charge in [-0.25, -0.2) is 4.79 Å². The number of allylic oxidation sites excluding steroid dienone is 1. The summed E-state index contributed by atoms with van der Waals surface area (Å²) in [6, 6.07) is 17.4. The van der Waals surface area contributed by atoms with E-state index < -0.39 is 5.97 Å². The van der Waals surface area contributed by atoms with Gasteiger partial charge in [-0.05, 0) is 69.2 Å². The summed E-state index contributed by atoms with van der Waals surface area (Å²) in [5.74, 6) is -0.209. The third-order valence-corrected chi connectivity index (χ3v) is 6.23. The van der Waals surface area contributed by atoms with Gasteiger partial charge in [0.15, 0.2) is 0 Å². The van der Waals surface area contributed by atoms with Crippen LogP contribution in [0.25, 0.3) is 11.8 Å². The molecule has 1 amide bonds. The number of aryl methyl sites for hydroxylation is 2. The molecule has 0 fully saturated rings. The van der Waals surface area contributed by atoms with Crippen molar-refractivity contribution < 1.29 is 19.1 Å². The summed E-state index contributed by atoms with van der Waals surface area (Å²) in [6.45, 7) is 7.86. The first-order chi connectivity index (χ1) is 16.3. The fourth-order valence-electron chi connectivity index (χ4n) is 4.51. The molecule has 6 heteroatoms. The number of nitrogens with zero attached hydrogens (tertiary/aromatic N) is 2. The van der Waals surface area contributed by atoms with Gasteiger partial charge in [-0.1, -0.05) is 24.3 Å². The number of para-hydroxylation sites is 1. The molecule has 1 aliphatic heterocycles. The molecule has 0 unspecified atom stereocenters. The molecule has 0 radical (unpaired) electrons. The van der Waals surface area contributed by atoms with Crippen molar-refractivity contribution in [2.24, 2.45) is 0 Å². The Morgan fingerprint density at radius 3 is 2.35 bits per heavy atom. The predicted molar refractivity (Wildman–Crippen MR) is 133 cm³/mol. The number of rotatable bonds is 5. The van der Waals surface area contributed by atoms with E-state index in [4.69, 9.17) is 9.47 Å². The average molecular weight is 457 g/mol. The molecule has 1 aliphatic rings. The zero-order valence-electron chi connectivity index (χ0n) is 20.3. The minimum absolute atomic E-state index is 0.260. The number of ether oxygens (including phenoxy) is 2. The van der Waals surface area contributed by atoms with Gasteiger partial charge in [-0.2, -0.15) is 0 Å². The van der Waals surface area contributed by atoms with E-state index in [0.29, 0.717) is 22.7 Å². The summed E-state index contributed by atoms with van der Waals surface area (Å²) >= 11 is 0. The van der Waals surface area contributed by atoms with Crippen LogP contribution in [0.2, 0.25) is 0 Å². The normalized spacial score (nSPS) is 14.8. The van der Waals surface area contributed by atoms with Gasteiger partial charge in [0.2, 0.25) is 0 Å². The van der Waals surface area contributed by atoms with Crippen molar-refractivity contribution in [3.63, 3.8) is 0 Å². The van der Waals surface area contributed by atoms with Crippen LogP contribution in [0, 0.1) is 20.8 Å². The van der Waals surface area contributed by atoms with E-state index in [9.17, 15) is 9.59 Å². The molecule has 2 aromatic carbocycles. The number of carbonyl (C=O) groups excluding carboxylic acids is 2. The second-order valence-corrected chi connectivity index (χ2v) is 8.30. The number of methoxy groups -OCH3 is 2. The smallest absolute Gasteiger partial charge is 0.340 e. The maximum atomic E-state index is 13.6. The molecule has 0 N–H and O–H groups in total. The topological polar surface area (TPSA) is 60.8 Å². The van der Waals surface area contributed by atoms with Gasteiger partial charge < -0.3 is 14.0 Å². The monoisotopic (exact) mass is 456 g/mol. The maximum Gasteiger partial charge on any atom is 0.340 e. The van der Waals surface area contributed by atoms with Gasteiger partial charge in [-0.3, -0.25) is 9.69 Å². The van der Waals surface area contributed by atoms with Crippen LogP contribution < -0.4 is 9.64 Å². The van der Waals surface area contributed by atoms with Crippen molar-refractivity contribution in [2.75, 3.05) is 19.1 Å². The van der Waals surface area contributed by atoms with Gasteiger partial charge in [0.25, 0.3) is 5.91 Å². The van der Waals surface area contributed by atoms with Crippen molar-refractivity contribution in [2.45, 2.75) is 27.7 Å². The molecule has 0 saturated carbocycles. The number of amides is 1. The van der Waals surface area contributed by atoms with Crippen LogP contribution in [-0.2, 0) is 14.3 Å². The van der Waals surface area contributed by atoms with E-state index in [2.05, 4.69) is 23.6 Å². The number of hydrogen-bond acceptors (Lipinski definition) is 4. The molecule has 0 bridgehead atoms. The lowest BCUT2D eigenvalue weighted by atomic mass is 10.0. The Kier molecular flexibility index (Phi) is 6.16. The fraction of sp³-hybridized carbons (Fsp3) is 0.214. The lowest BCUT2D eigenvalue weighted by molar-refractivity contribution is -0.136. The molecule has 2 heterocycles. The summed E-state index contributed by atoms with van der Waals surface area (Å²) in [5, 5.41) is 0. The molecule has 0 spiro atoms. The Morgan fingerprint density at radius 2 is 1.68 bits per heavy atom. The first kappa shape index (κ1) is 23.1. The van der Waals surface area contributed by atoms with Gasteiger partial charge in [-0.15, -0.1) is 0 Å². The number of esters is 1. The first-order valence-electron chi connectivity index (χ1n) is 11.0. The number of carbonyl (C=O) groups is 2. The molecule has 34 heavy (non-hydrogen) atoms. The quantitative estimate of drug-likeness (QED) is 0.387. The third-order valence-electron chi connectivity index (χ3n) is 6.23. The highest BCUT2D eigenvalue weighted by molar-refractivity contribution is 6.23. The zero-order valence-corrected chi connectivity index (χ0v) is 20.3. The van der Waals surface area contributed by atoms with Crippen LogP contribution >= 0.6 is 0 Å². The molecular weight excluding hydrogens is 428 g/mol. The van der Waals surface area contributed by atoms with E-state index in [1.807, 2.05) is 50.2 Å². The second-order valence-electron chi connectivity index (χ2n) is 8.30. The lowest BCUT2D eigenvalue weighted by Gasteiger charge is -2.18. The summed E-state index contributed by atoms with van der Waals surface area (Å²) in [4.78, 5) is 27.9. The van der Waals surface area contributed by atoms with Crippen LogP contribution in [0.4, 0.5) is 5.69 Å². The lowest BCUT2D eigenvalue weighted by Crippen LogP contribution is -2.24. The Morgan fingerprint density at radius 1 is 0.941 bits per heavy atom. The Labute approximate surface area is 199 Å². The number of aromatic nitrogens is 1. The van der Waals surface area contributed by atoms with E-state index in [0.717, 1.165) is 28.2 Å². The number of anilines is 1. The Hall–Kier alpha value is -4.06. The van der Waals surface area contributed by atoms with E-state index in [-0.39, 0.29) is 11.5 Å². The molecule has 6 nitrogen and oxygen atoms in total. The van der Waals surface area contributed by atoms with Crippen molar-refractivity contribution in [1.82, 2.24) is 4.57 Å². The molecule has 1 aromatic heterocycles. The van der Waals surface area contributed by atoms with Crippen LogP contribution in [0.3, 0.4) is 0 Å². The molecule has 0 aliphatic carbocycles. The summed E-state index contributed by atoms with van der Waals surface area (Å²) in [5.41, 5.74) is 6.82. The molecular formula is C28H28N2O4.